The number of amides is 2. The van der Waals surface area contributed by atoms with Crippen LogP contribution in [0.25, 0.3) is 0 Å². The molecule has 0 radical (unpaired) electrons. The van der Waals surface area contributed by atoms with Gasteiger partial charge in [-0.05, 0) is 49.7 Å². The zero-order chi connectivity index (χ0) is 20.6. The maximum atomic E-state index is 12.7. The smallest absolute Gasteiger partial charge is 0.411 e. The molecule has 7 nitrogen and oxygen atoms in total. The average Bonchev–Trinajstić information content (AvgIpc) is 3.19. The molecule has 2 N–H and O–H groups in total. The monoisotopic (exact) mass is 394 g/mol. The van der Waals surface area contributed by atoms with Crippen molar-refractivity contribution in [1.29, 1.82) is 0 Å². The Morgan fingerprint density at radius 3 is 2.41 bits per heavy atom. The molecule has 150 valence electrons. The molecular formula is C22H22N2O5. The highest BCUT2D eigenvalue weighted by molar-refractivity contribution is 6.04. The molecule has 0 aliphatic heterocycles. The SMILES string of the molecule is CCOC(=O)Nc1cccc(NC(=O)c2occc2COc2ccccc2)c1C. The van der Waals surface area contributed by atoms with Gasteiger partial charge in [-0.1, -0.05) is 24.3 Å². The molecule has 0 saturated carbocycles. The van der Waals surface area contributed by atoms with E-state index in [1.54, 1.807) is 38.1 Å². The summed E-state index contributed by atoms with van der Waals surface area (Å²) in [5.74, 6) is 0.468. The summed E-state index contributed by atoms with van der Waals surface area (Å²) in [5.41, 5.74) is 2.43. The van der Waals surface area contributed by atoms with E-state index in [0.29, 0.717) is 28.3 Å². The van der Waals surface area contributed by atoms with Crippen molar-refractivity contribution in [2.24, 2.45) is 0 Å². The van der Waals surface area contributed by atoms with Crippen LogP contribution in [-0.4, -0.2) is 18.6 Å². The number of nitrogens with one attached hydrogen (secondary N) is 2. The van der Waals surface area contributed by atoms with Crippen LogP contribution in [0.1, 0.15) is 28.6 Å². The normalized spacial score (nSPS) is 10.3. The second-order valence-electron chi connectivity index (χ2n) is 6.15. The van der Waals surface area contributed by atoms with E-state index in [0.717, 1.165) is 0 Å². The molecule has 7 heteroatoms. The number of ether oxygens (including phenoxy) is 2. The van der Waals surface area contributed by atoms with Gasteiger partial charge in [-0.15, -0.1) is 0 Å². The predicted molar refractivity (Wildman–Crippen MR) is 109 cm³/mol. The minimum absolute atomic E-state index is 0.170. The first kappa shape index (κ1) is 20.0. The third-order valence-electron chi connectivity index (χ3n) is 4.18. The van der Waals surface area contributed by atoms with E-state index in [-0.39, 0.29) is 19.0 Å². The fourth-order valence-electron chi connectivity index (χ4n) is 2.69. The first-order valence-electron chi connectivity index (χ1n) is 9.17. The van der Waals surface area contributed by atoms with Crippen LogP contribution in [0.2, 0.25) is 0 Å². The van der Waals surface area contributed by atoms with Crippen LogP contribution < -0.4 is 15.4 Å². The Labute approximate surface area is 168 Å². The number of para-hydroxylation sites is 1. The number of hydrogen-bond acceptors (Lipinski definition) is 5. The second kappa shape index (κ2) is 9.45. The number of hydrogen-bond donors (Lipinski definition) is 2. The van der Waals surface area contributed by atoms with Crippen molar-refractivity contribution in [3.63, 3.8) is 0 Å². The molecule has 1 heterocycles. The molecule has 0 aliphatic carbocycles. The molecular weight excluding hydrogens is 372 g/mol. The zero-order valence-corrected chi connectivity index (χ0v) is 16.2. The van der Waals surface area contributed by atoms with Crippen LogP contribution in [0.3, 0.4) is 0 Å². The van der Waals surface area contributed by atoms with Crippen molar-refractivity contribution in [2.45, 2.75) is 20.5 Å². The van der Waals surface area contributed by atoms with E-state index in [4.69, 9.17) is 13.9 Å². The van der Waals surface area contributed by atoms with Gasteiger partial charge in [0.25, 0.3) is 5.91 Å². The number of carbonyl (C=O) groups is 2. The van der Waals surface area contributed by atoms with Gasteiger partial charge in [0.15, 0.2) is 5.76 Å². The molecule has 3 rings (SSSR count). The lowest BCUT2D eigenvalue weighted by molar-refractivity contribution is 0.0993. The average molecular weight is 394 g/mol. The molecule has 0 fully saturated rings. The molecule has 1 aromatic heterocycles. The van der Waals surface area contributed by atoms with Crippen LogP contribution in [0.5, 0.6) is 5.75 Å². The van der Waals surface area contributed by atoms with Crippen molar-refractivity contribution in [3.05, 3.63) is 77.7 Å². The van der Waals surface area contributed by atoms with Gasteiger partial charge in [-0.2, -0.15) is 0 Å². The highest BCUT2D eigenvalue weighted by Gasteiger charge is 2.18. The fraction of sp³-hybridized carbons (Fsp3) is 0.182. The Kier molecular flexibility index (Phi) is 6.52. The van der Waals surface area contributed by atoms with Gasteiger partial charge in [0, 0.05) is 16.9 Å². The van der Waals surface area contributed by atoms with E-state index >= 15 is 0 Å². The van der Waals surface area contributed by atoms with Crippen LogP contribution in [0.4, 0.5) is 16.2 Å². The summed E-state index contributed by atoms with van der Waals surface area (Å²) in [6.07, 6.45) is 0.898. The van der Waals surface area contributed by atoms with Crippen LogP contribution in [0.15, 0.2) is 65.3 Å². The molecule has 0 atom stereocenters. The van der Waals surface area contributed by atoms with E-state index in [1.807, 2.05) is 30.3 Å². The minimum Gasteiger partial charge on any atom is -0.489 e. The van der Waals surface area contributed by atoms with Crippen LogP contribution in [-0.2, 0) is 11.3 Å². The van der Waals surface area contributed by atoms with Gasteiger partial charge in [0.1, 0.15) is 12.4 Å². The van der Waals surface area contributed by atoms with Gasteiger partial charge in [0.2, 0.25) is 0 Å². The van der Waals surface area contributed by atoms with Gasteiger partial charge in [0.05, 0.1) is 12.9 Å². The quantitative estimate of drug-likeness (QED) is 0.589. The predicted octanol–water partition coefficient (Wildman–Crippen LogP) is 4.99. The molecule has 0 spiro atoms. The molecule has 0 aliphatic rings. The third kappa shape index (κ3) is 5.16. The minimum atomic E-state index is -0.551. The number of rotatable bonds is 7. The van der Waals surface area contributed by atoms with E-state index in [9.17, 15) is 9.59 Å². The van der Waals surface area contributed by atoms with Crippen molar-refractivity contribution in [2.75, 3.05) is 17.2 Å². The maximum absolute atomic E-state index is 12.7. The molecule has 2 amide bonds. The van der Waals surface area contributed by atoms with Crippen molar-refractivity contribution in [1.82, 2.24) is 0 Å². The number of carbonyl (C=O) groups excluding carboxylic acids is 2. The second-order valence-corrected chi connectivity index (χ2v) is 6.15. The van der Waals surface area contributed by atoms with Gasteiger partial charge in [-0.3, -0.25) is 10.1 Å². The van der Waals surface area contributed by atoms with E-state index in [1.165, 1.54) is 6.26 Å². The Balaban J connectivity index is 1.69. The van der Waals surface area contributed by atoms with Crippen molar-refractivity contribution in [3.8, 4) is 5.75 Å². The van der Waals surface area contributed by atoms with Crippen molar-refractivity contribution >= 4 is 23.4 Å². The van der Waals surface area contributed by atoms with Crippen LogP contribution >= 0.6 is 0 Å². The van der Waals surface area contributed by atoms with Gasteiger partial charge >= 0.3 is 6.09 Å². The largest absolute Gasteiger partial charge is 0.489 e. The van der Waals surface area contributed by atoms with Crippen molar-refractivity contribution < 1.29 is 23.5 Å². The lowest BCUT2D eigenvalue weighted by atomic mass is 10.1. The molecule has 2 aromatic carbocycles. The van der Waals surface area contributed by atoms with E-state index < -0.39 is 12.0 Å². The lowest BCUT2D eigenvalue weighted by Gasteiger charge is -2.13. The molecule has 0 saturated heterocycles. The maximum Gasteiger partial charge on any atom is 0.411 e. The summed E-state index contributed by atoms with van der Waals surface area (Å²) in [6, 6.07) is 16.2. The number of anilines is 2. The summed E-state index contributed by atoms with van der Waals surface area (Å²) < 4.78 is 16.0. The summed E-state index contributed by atoms with van der Waals surface area (Å²) in [6.45, 7) is 3.99. The highest BCUT2D eigenvalue weighted by atomic mass is 16.5. The Bertz CT molecular complexity index is 982. The standard InChI is InChI=1S/C22H22N2O5/c1-3-27-22(26)24-19-11-7-10-18(15(19)2)23-21(25)20-16(12-13-28-20)14-29-17-8-5-4-6-9-17/h4-13H,3,14H2,1-2H3,(H,23,25)(H,24,26). The third-order valence-corrected chi connectivity index (χ3v) is 4.18. The summed E-state index contributed by atoms with van der Waals surface area (Å²) >= 11 is 0. The fourth-order valence-corrected chi connectivity index (χ4v) is 2.69. The van der Waals surface area contributed by atoms with Gasteiger partial charge < -0.3 is 19.2 Å². The number of benzene rings is 2. The lowest BCUT2D eigenvalue weighted by Crippen LogP contribution is -2.17. The van der Waals surface area contributed by atoms with Crippen LogP contribution in [0, 0.1) is 6.92 Å². The first-order chi connectivity index (χ1) is 14.1. The van der Waals surface area contributed by atoms with E-state index in [2.05, 4.69) is 10.6 Å². The Morgan fingerprint density at radius 2 is 1.69 bits per heavy atom. The summed E-state index contributed by atoms with van der Waals surface area (Å²) in [4.78, 5) is 24.4. The molecule has 0 unspecified atom stereocenters. The topological polar surface area (TPSA) is 89.8 Å². The van der Waals surface area contributed by atoms with Gasteiger partial charge in [-0.25, -0.2) is 4.79 Å². The highest BCUT2D eigenvalue weighted by Crippen LogP contribution is 2.25. The molecule has 3 aromatic rings. The number of furan rings is 1. The first-order valence-corrected chi connectivity index (χ1v) is 9.17. The summed E-state index contributed by atoms with van der Waals surface area (Å²) in [5, 5.41) is 5.47. The zero-order valence-electron chi connectivity index (χ0n) is 16.2. The Hall–Kier alpha value is -3.74. The molecule has 29 heavy (non-hydrogen) atoms. The summed E-state index contributed by atoms with van der Waals surface area (Å²) in [7, 11) is 0. The Morgan fingerprint density at radius 1 is 0.966 bits per heavy atom. The molecule has 0 bridgehead atoms.